The summed E-state index contributed by atoms with van der Waals surface area (Å²) in [6, 6.07) is 12.3. The molecule has 1 N–H and O–H groups in total. The van der Waals surface area contributed by atoms with E-state index in [9.17, 15) is 13.2 Å². The third-order valence-corrected chi connectivity index (χ3v) is 6.06. The number of aryl methyl sites for hydroxylation is 1. The van der Waals surface area contributed by atoms with Crippen LogP contribution in [0.5, 0.6) is 0 Å². The molecule has 0 atom stereocenters. The van der Waals surface area contributed by atoms with E-state index < -0.39 is 10.0 Å². The van der Waals surface area contributed by atoms with E-state index in [-0.39, 0.29) is 16.7 Å². The molecule has 0 aliphatic carbocycles. The Kier molecular flexibility index (Phi) is 5.05. The summed E-state index contributed by atoms with van der Waals surface area (Å²) in [7, 11) is -3.70. The Hall–Kier alpha value is -2.34. The van der Waals surface area contributed by atoms with Gasteiger partial charge in [0.2, 0.25) is 5.91 Å². The van der Waals surface area contributed by atoms with E-state index in [1.807, 2.05) is 39.0 Å². The standard InChI is InChI=1S/C20H24N2O3S/c1-14(2)18-7-4-6-15(3)20(18)21-26(24,25)17-11-9-16(10-12-17)22-13-5-8-19(22)23/h4,6-7,9-12,14,21H,5,8,13H2,1-3H3. The number of hydrogen-bond acceptors (Lipinski definition) is 3. The average Bonchev–Trinajstić information content (AvgIpc) is 3.02. The predicted molar refractivity (Wildman–Crippen MR) is 104 cm³/mol. The van der Waals surface area contributed by atoms with Gasteiger partial charge >= 0.3 is 0 Å². The number of rotatable bonds is 5. The topological polar surface area (TPSA) is 66.5 Å². The minimum atomic E-state index is -3.70. The van der Waals surface area contributed by atoms with Crippen molar-refractivity contribution in [2.75, 3.05) is 16.2 Å². The molecule has 1 heterocycles. The highest BCUT2D eigenvalue weighted by Gasteiger charge is 2.23. The zero-order chi connectivity index (χ0) is 18.9. The molecule has 0 spiro atoms. The van der Waals surface area contributed by atoms with Crippen LogP contribution < -0.4 is 9.62 Å². The van der Waals surface area contributed by atoms with Crippen molar-refractivity contribution >= 4 is 27.3 Å². The molecular weight excluding hydrogens is 348 g/mol. The van der Waals surface area contributed by atoms with E-state index in [2.05, 4.69) is 4.72 Å². The van der Waals surface area contributed by atoms with Crippen molar-refractivity contribution in [2.24, 2.45) is 0 Å². The van der Waals surface area contributed by atoms with Crippen LogP contribution in [0.3, 0.4) is 0 Å². The average molecular weight is 372 g/mol. The first kappa shape index (κ1) is 18.5. The number of nitrogens with one attached hydrogen (secondary N) is 1. The van der Waals surface area contributed by atoms with Gasteiger partial charge in [0.05, 0.1) is 10.6 Å². The Morgan fingerprint density at radius 1 is 1.08 bits per heavy atom. The molecule has 0 unspecified atom stereocenters. The van der Waals surface area contributed by atoms with E-state index in [4.69, 9.17) is 0 Å². The number of sulfonamides is 1. The minimum Gasteiger partial charge on any atom is -0.312 e. The molecule has 1 fully saturated rings. The molecule has 1 saturated heterocycles. The minimum absolute atomic E-state index is 0.0835. The normalized spacial score (nSPS) is 14.9. The fourth-order valence-electron chi connectivity index (χ4n) is 3.23. The molecule has 0 saturated carbocycles. The van der Waals surface area contributed by atoms with Crippen molar-refractivity contribution in [2.45, 2.75) is 44.4 Å². The Labute approximate surface area is 155 Å². The summed E-state index contributed by atoms with van der Waals surface area (Å²) < 4.78 is 28.4. The van der Waals surface area contributed by atoms with Gasteiger partial charge in [0.15, 0.2) is 0 Å². The van der Waals surface area contributed by atoms with Crippen molar-refractivity contribution in [3.8, 4) is 0 Å². The van der Waals surface area contributed by atoms with Crippen LogP contribution in [0, 0.1) is 6.92 Å². The Bertz CT molecular complexity index is 919. The number of benzene rings is 2. The number of amides is 1. The maximum atomic E-state index is 12.8. The Morgan fingerprint density at radius 3 is 2.35 bits per heavy atom. The number of anilines is 2. The third kappa shape index (κ3) is 3.60. The number of carbonyl (C=O) groups is 1. The number of para-hydroxylation sites is 1. The molecule has 6 heteroatoms. The molecule has 1 aliphatic rings. The fraction of sp³-hybridized carbons (Fsp3) is 0.350. The predicted octanol–water partition coefficient (Wildman–Crippen LogP) is 4.05. The van der Waals surface area contributed by atoms with Gasteiger partial charge < -0.3 is 4.90 Å². The van der Waals surface area contributed by atoms with E-state index in [0.717, 1.165) is 23.2 Å². The Morgan fingerprint density at radius 2 is 1.77 bits per heavy atom. The van der Waals surface area contributed by atoms with E-state index in [1.165, 1.54) is 0 Å². The van der Waals surface area contributed by atoms with Gasteiger partial charge in [-0.2, -0.15) is 0 Å². The quantitative estimate of drug-likeness (QED) is 0.861. The van der Waals surface area contributed by atoms with Crippen molar-refractivity contribution in [3.63, 3.8) is 0 Å². The lowest BCUT2D eigenvalue weighted by Crippen LogP contribution is -2.23. The summed E-state index contributed by atoms with van der Waals surface area (Å²) in [5, 5.41) is 0. The van der Waals surface area contributed by atoms with Gasteiger partial charge in [0, 0.05) is 18.7 Å². The first-order valence-corrected chi connectivity index (χ1v) is 10.3. The first-order valence-electron chi connectivity index (χ1n) is 8.82. The lowest BCUT2D eigenvalue weighted by atomic mass is 9.99. The van der Waals surface area contributed by atoms with Gasteiger partial charge in [-0.25, -0.2) is 8.42 Å². The van der Waals surface area contributed by atoms with Crippen LogP contribution in [0.25, 0.3) is 0 Å². The third-order valence-electron chi connectivity index (χ3n) is 4.70. The molecular formula is C20H24N2O3S. The number of nitrogens with zero attached hydrogens (tertiary/aromatic N) is 1. The van der Waals surface area contributed by atoms with Crippen LogP contribution >= 0.6 is 0 Å². The lowest BCUT2D eigenvalue weighted by molar-refractivity contribution is -0.117. The van der Waals surface area contributed by atoms with Crippen molar-refractivity contribution in [1.82, 2.24) is 0 Å². The molecule has 0 radical (unpaired) electrons. The Balaban J connectivity index is 1.89. The van der Waals surface area contributed by atoms with Gasteiger partial charge in [-0.15, -0.1) is 0 Å². The van der Waals surface area contributed by atoms with Gasteiger partial charge in [0.25, 0.3) is 10.0 Å². The summed E-state index contributed by atoms with van der Waals surface area (Å²) in [6.07, 6.45) is 1.39. The zero-order valence-electron chi connectivity index (χ0n) is 15.3. The molecule has 3 rings (SSSR count). The van der Waals surface area contributed by atoms with Gasteiger partial charge in [-0.3, -0.25) is 9.52 Å². The maximum Gasteiger partial charge on any atom is 0.261 e. The SMILES string of the molecule is Cc1cccc(C(C)C)c1NS(=O)(=O)c1ccc(N2CCCC2=O)cc1. The molecule has 0 aromatic heterocycles. The van der Waals surface area contributed by atoms with Crippen molar-refractivity contribution < 1.29 is 13.2 Å². The summed E-state index contributed by atoms with van der Waals surface area (Å²) in [4.78, 5) is 13.7. The van der Waals surface area contributed by atoms with Crippen LogP contribution in [0.15, 0.2) is 47.4 Å². The largest absolute Gasteiger partial charge is 0.312 e. The highest BCUT2D eigenvalue weighted by molar-refractivity contribution is 7.92. The highest BCUT2D eigenvalue weighted by atomic mass is 32.2. The van der Waals surface area contributed by atoms with Gasteiger partial charge in [-0.1, -0.05) is 32.0 Å². The van der Waals surface area contributed by atoms with E-state index in [1.54, 1.807) is 29.2 Å². The first-order chi connectivity index (χ1) is 12.3. The van der Waals surface area contributed by atoms with Gasteiger partial charge in [-0.05, 0) is 54.7 Å². The number of carbonyl (C=O) groups excluding carboxylic acids is 1. The molecule has 5 nitrogen and oxygen atoms in total. The second-order valence-corrected chi connectivity index (χ2v) is 8.62. The van der Waals surface area contributed by atoms with Crippen LogP contribution in [0.2, 0.25) is 0 Å². The molecule has 2 aromatic rings. The molecule has 0 bridgehead atoms. The van der Waals surface area contributed by atoms with Crippen LogP contribution in [0.4, 0.5) is 11.4 Å². The summed E-state index contributed by atoms with van der Waals surface area (Å²) in [5.74, 6) is 0.288. The maximum absolute atomic E-state index is 12.8. The van der Waals surface area contributed by atoms with Crippen LogP contribution in [-0.4, -0.2) is 20.9 Å². The highest BCUT2D eigenvalue weighted by Crippen LogP contribution is 2.30. The molecule has 26 heavy (non-hydrogen) atoms. The van der Waals surface area contributed by atoms with Gasteiger partial charge in [0.1, 0.15) is 0 Å². The van der Waals surface area contributed by atoms with Crippen LogP contribution in [-0.2, 0) is 14.8 Å². The smallest absolute Gasteiger partial charge is 0.261 e. The zero-order valence-corrected chi connectivity index (χ0v) is 16.1. The van der Waals surface area contributed by atoms with Crippen molar-refractivity contribution in [3.05, 3.63) is 53.6 Å². The summed E-state index contributed by atoms with van der Waals surface area (Å²) in [5.41, 5.74) is 3.23. The molecule has 2 aromatic carbocycles. The van der Waals surface area contributed by atoms with Crippen LogP contribution in [0.1, 0.15) is 43.7 Å². The number of hydrogen-bond donors (Lipinski definition) is 1. The lowest BCUT2D eigenvalue weighted by Gasteiger charge is -2.18. The molecule has 138 valence electrons. The second-order valence-electron chi connectivity index (χ2n) is 6.94. The summed E-state index contributed by atoms with van der Waals surface area (Å²) >= 11 is 0. The monoisotopic (exact) mass is 372 g/mol. The second kappa shape index (κ2) is 7.11. The molecule has 1 aliphatic heterocycles. The molecule has 1 amide bonds. The fourth-order valence-corrected chi connectivity index (χ4v) is 4.39. The van der Waals surface area contributed by atoms with E-state index in [0.29, 0.717) is 18.7 Å². The van der Waals surface area contributed by atoms with Crippen molar-refractivity contribution in [1.29, 1.82) is 0 Å². The summed E-state index contributed by atoms with van der Waals surface area (Å²) in [6.45, 7) is 6.65. The van der Waals surface area contributed by atoms with E-state index >= 15 is 0 Å².